The molecule has 3 unspecified atom stereocenters. The maximum Gasteiger partial charge on any atom is 0.322 e. The number of carbonyl (C=O) groups is 2. The van der Waals surface area contributed by atoms with E-state index in [9.17, 15) is 9.59 Å². The summed E-state index contributed by atoms with van der Waals surface area (Å²) in [5.74, 6) is 0.0974. The zero-order valence-corrected chi connectivity index (χ0v) is 10.5. The molecule has 2 N–H and O–H groups in total. The average Bonchev–Trinajstić information content (AvgIpc) is 2.44. The van der Waals surface area contributed by atoms with E-state index >= 15 is 0 Å². The second-order valence-electron chi connectivity index (χ2n) is 6.44. The predicted octanol–water partition coefficient (Wildman–Crippen LogP) is -1.17. The predicted molar refractivity (Wildman–Crippen MR) is 63.9 cm³/mol. The molecule has 98 valence electrons. The summed E-state index contributed by atoms with van der Waals surface area (Å²) in [5.41, 5.74) is -0.859. The fourth-order valence-electron chi connectivity index (χ4n) is 4.67. The Kier molecular flexibility index (Phi) is 1.82. The lowest BCUT2D eigenvalue weighted by atomic mass is 9.59. The van der Waals surface area contributed by atoms with E-state index in [0.717, 1.165) is 39.3 Å². The standard InChI is InChI=1S/C12H18N4O2/c1-11-6-15-2-3-16(7-11)5-8(4-15)12(11)9(17)13-10(18)14-12/h8H,2-7H2,1H3,(H2,13,14,17,18). The van der Waals surface area contributed by atoms with Crippen LogP contribution in [0.15, 0.2) is 0 Å². The van der Waals surface area contributed by atoms with Gasteiger partial charge < -0.3 is 15.1 Å². The Hall–Kier alpha value is -1.14. The van der Waals surface area contributed by atoms with E-state index in [0.29, 0.717) is 0 Å². The summed E-state index contributed by atoms with van der Waals surface area (Å²) in [7, 11) is 0. The lowest BCUT2D eigenvalue weighted by Gasteiger charge is -2.58. The largest absolute Gasteiger partial charge is 0.322 e. The van der Waals surface area contributed by atoms with Crippen molar-refractivity contribution in [2.75, 3.05) is 39.3 Å². The first-order valence-electron chi connectivity index (χ1n) is 6.62. The Balaban J connectivity index is 1.85. The van der Waals surface area contributed by atoms with Gasteiger partial charge in [0, 0.05) is 50.6 Å². The second-order valence-corrected chi connectivity index (χ2v) is 6.44. The van der Waals surface area contributed by atoms with Crippen LogP contribution >= 0.6 is 0 Å². The van der Waals surface area contributed by atoms with Crippen LogP contribution in [0.2, 0.25) is 0 Å². The number of amides is 3. The van der Waals surface area contributed by atoms with Crippen LogP contribution < -0.4 is 10.6 Å². The maximum atomic E-state index is 12.4. The van der Waals surface area contributed by atoms with Crippen LogP contribution in [0.5, 0.6) is 0 Å². The van der Waals surface area contributed by atoms with Gasteiger partial charge >= 0.3 is 6.03 Å². The van der Waals surface area contributed by atoms with E-state index in [2.05, 4.69) is 27.4 Å². The molecule has 5 fully saturated rings. The molecule has 5 aliphatic heterocycles. The first-order chi connectivity index (χ1) is 8.53. The minimum atomic E-state index is -0.679. The fraction of sp³-hybridized carbons (Fsp3) is 0.833. The Bertz CT molecular complexity index is 435. The summed E-state index contributed by atoms with van der Waals surface area (Å²) in [6.07, 6.45) is 0. The Morgan fingerprint density at radius 1 is 1.17 bits per heavy atom. The van der Waals surface area contributed by atoms with Crippen molar-refractivity contribution in [2.24, 2.45) is 11.3 Å². The van der Waals surface area contributed by atoms with Gasteiger partial charge in [-0.05, 0) is 0 Å². The molecule has 0 aromatic rings. The van der Waals surface area contributed by atoms with Crippen molar-refractivity contribution in [3.63, 3.8) is 0 Å². The molecular weight excluding hydrogens is 232 g/mol. The highest BCUT2D eigenvalue weighted by Gasteiger charge is 2.68. The topological polar surface area (TPSA) is 64.7 Å². The number of nitrogens with zero attached hydrogens (tertiary/aromatic N) is 2. The average molecular weight is 250 g/mol. The van der Waals surface area contributed by atoms with Crippen LogP contribution in [-0.4, -0.2) is 66.5 Å². The number of imide groups is 1. The Morgan fingerprint density at radius 2 is 1.78 bits per heavy atom. The SMILES string of the molecule is CC12CN3CCN(CC(C3)C13NC(=O)NC3=O)C2. The van der Waals surface area contributed by atoms with Crippen LogP contribution in [0.3, 0.4) is 0 Å². The van der Waals surface area contributed by atoms with Gasteiger partial charge in [-0.1, -0.05) is 6.92 Å². The van der Waals surface area contributed by atoms with Crippen molar-refractivity contribution in [3.8, 4) is 0 Å². The summed E-state index contributed by atoms with van der Waals surface area (Å²) < 4.78 is 0. The third-order valence-electron chi connectivity index (χ3n) is 5.30. The minimum absolute atomic E-state index is 0.110. The number of hydrogen-bond donors (Lipinski definition) is 2. The first kappa shape index (κ1) is 10.8. The number of fused-ring (bicyclic) bond motifs is 1. The zero-order valence-electron chi connectivity index (χ0n) is 10.5. The summed E-state index contributed by atoms with van der Waals surface area (Å²) in [5, 5.41) is 5.43. The summed E-state index contributed by atoms with van der Waals surface area (Å²) in [6.45, 7) is 7.94. The van der Waals surface area contributed by atoms with Crippen molar-refractivity contribution < 1.29 is 9.59 Å². The molecule has 0 radical (unpaired) electrons. The Morgan fingerprint density at radius 3 is 2.22 bits per heavy atom. The highest BCUT2D eigenvalue weighted by molar-refractivity contribution is 6.08. The van der Waals surface area contributed by atoms with Crippen molar-refractivity contribution in [1.82, 2.24) is 20.4 Å². The van der Waals surface area contributed by atoms with Crippen molar-refractivity contribution >= 4 is 11.9 Å². The van der Waals surface area contributed by atoms with Crippen molar-refractivity contribution in [1.29, 1.82) is 0 Å². The summed E-state index contributed by atoms with van der Waals surface area (Å²) >= 11 is 0. The molecule has 3 atom stereocenters. The number of rotatable bonds is 0. The normalized spacial score (nSPS) is 53.5. The highest BCUT2D eigenvalue weighted by Crippen LogP contribution is 2.49. The molecule has 6 nitrogen and oxygen atoms in total. The van der Waals surface area contributed by atoms with E-state index in [1.165, 1.54) is 0 Å². The molecule has 5 heterocycles. The van der Waals surface area contributed by atoms with Gasteiger partial charge in [0.2, 0.25) is 0 Å². The number of nitrogens with one attached hydrogen (secondary N) is 2. The molecular formula is C12H18N4O2. The molecule has 5 aliphatic rings. The summed E-state index contributed by atoms with van der Waals surface area (Å²) in [4.78, 5) is 28.9. The van der Waals surface area contributed by atoms with E-state index < -0.39 is 5.54 Å². The van der Waals surface area contributed by atoms with Crippen LogP contribution in [0.4, 0.5) is 4.79 Å². The van der Waals surface area contributed by atoms with Gasteiger partial charge in [0.25, 0.3) is 5.91 Å². The molecule has 5 saturated heterocycles. The number of carbonyl (C=O) groups excluding carboxylic acids is 2. The number of urea groups is 1. The molecule has 0 saturated carbocycles. The van der Waals surface area contributed by atoms with Gasteiger partial charge in [-0.25, -0.2) is 4.79 Å². The summed E-state index contributed by atoms with van der Waals surface area (Å²) in [6, 6.07) is -0.322. The monoisotopic (exact) mass is 250 g/mol. The van der Waals surface area contributed by atoms with Crippen LogP contribution in [0, 0.1) is 11.3 Å². The van der Waals surface area contributed by atoms with Gasteiger partial charge in [0.05, 0.1) is 0 Å². The molecule has 0 aliphatic carbocycles. The molecule has 3 amide bonds. The molecule has 1 spiro atoms. The van der Waals surface area contributed by atoms with Gasteiger partial charge in [-0.2, -0.15) is 0 Å². The van der Waals surface area contributed by atoms with Gasteiger partial charge in [0.1, 0.15) is 5.54 Å². The third kappa shape index (κ3) is 1.06. The van der Waals surface area contributed by atoms with E-state index in [4.69, 9.17) is 0 Å². The van der Waals surface area contributed by atoms with Crippen LogP contribution in [-0.2, 0) is 4.79 Å². The first-order valence-corrected chi connectivity index (χ1v) is 6.62. The van der Waals surface area contributed by atoms with Crippen LogP contribution in [0.25, 0.3) is 0 Å². The molecule has 6 heteroatoms. The fourth-order valence-corrected chi connectivity index (χ4v) is 4.67. The lowest BCUT2D eigenvalue weighted by molar-refractivity contribution is -0.144. The quantitative estimate of drug-likeness (QED) is 0.532. The van der Waals surface area contributed by atoms with Gasteiger partial charge in [0.15, 0.2) is 0 Å². The van der Waals surface area contributed by atoms with Crippen molar-refractivity contribution in [3.05, 3.63) is 0 Å². The second kappa shape index (κ2) is 3.05. The number of piperidine rings is 2. The highest BCUT2D eigenvalue weighted by atomic mass is 16.2. The molecule has 4 bridgehead atoms. The molecule has 5 rings (SSSR count). The zero-order chi connectivity index (χ0) is 12.5. The smallest absolute Gasteiger partial charge is 0.322 e. The van der Waals surface area contributed by atoms with E-state index in [-0.39, 0.29) is 23.3 Å². The molecule has 18 heavy (non-hydrogen) atoms. The Labute approximate surface area is 106 Å². The number of hydrogen-bond acceptors (Lipinski definition) is 4. The van der Waals surface area contributed by atoms with E-state index in [1.54, 1.807) is 0 Å². The van der Waals surface area contributed by atoms with Gasteiger partial charge in [-0.15, -0.1) is 0 Å². The van der Waals surface area contributed by atoms with Crippen molar-refractivity contribution in [2.45, 2.75) is 12.5 Å². The van der Waals surface area contributed by atoms with Crippen LogP contribution in [0.1, 0.15) is 6.92 Å². The molecule has 0 aromatic heterocycles. The maximum absolute atomic E-state index is 12.4. The van der Waals surface area contributed by atoms with Gasteiger partial charge in [-0.3, -0.25) is 10.1 Å². The molecule has 0 aromatic carbocycles. The minimum Gasteiger partial charge on any atom is -0.322 e. The lowest BCUT2D eigenvalue weighted by Crippen LogP contribution is -2.76. The third-order valence-corrected chi connectivity index (χ3v) is 5.30. The van der Waals surface area contributed by atoms with E-state index in [1.807, 2.05) is 0 Å².